The summed E-state index contributed by atoms with van der Waals surface area (Å²) >= 11 is 1.74. The molecule has 1 aromatic rings. The molecule has 0 saturated heterocycles. The fourth-order valence-corrected chi connectivity index (χ4v) is 4.51. The molecule has 1 aromatic carbocycles. The lowest BCUT2D eigenvalue weighted by Gasteiger charge is -2.13. The predicted octanol–water partition coefficient (Wildman–Crippen LogP) is 2.83. The van der Waals surface area contributed by atoms with Crippen molar-refractivity contribution in [3.05, 3.63) is 35.9 Å². The van der Waals surface area contributed by atoms with Crippen LogP contribution >= 0.6 is 11.8 Å². The van der Waals surface area contributed by atoms with Crippen LogP contribution in [0.15, 0.2) is 30.3 Å². The van der Waals surface area contributed by atoms with Gasteiger partial charge in [-0.3, -0.25) is 4.21 Å². The van der Waals surface area contributed by atoms with Crippen LogP contribution in [0.4, 0.5) is 0 Å². The molecule has 0 unspecified atom stereocenters. The summed E-state index contributed by atoms with van der Waals surface area (Å²) in [6, 6.07) is 9.88. The number of benzene rings is 1. The summed E-state index contributed by atoms with van der Waals surface area (Å²) in [5, 5.41) is 9.40. The highest BCUT2D eigenvalue weighted by Crippen LogP contribution is 2.15. The zero-order chi connectivity index (χ0) is 13.2. The van der Waals surface area contributed by atoms with E-state index in [1.165, 1.54) is 0 Å². The highest BCUT2D eigenvalue weighted by atomic mass is 32.2. The SMILES string of the molecule is CCCCS[C@H](CO)C[S@@](=O)Cc1ccccc1. The monoisotopic (exact) mass is 286 g/mol. The third-order valence-electron chi connectivity index (χ3n) is 2.60. The van der Waals surface area contributed by atoms with E-state index in [0.29, 0.717) is 11.5 Å². The Hall–Kier alpha value is -0.320. The van der Waals surface area contributed by atoms with Crippen LogP contribution in [0.1, 0.15) is 25.3 Å². The number of unbranched alkanes of at least 4 members (excludes halogenated alkanes) is 1. The van der Waals surface area contributed by atoms with Gasteiger partial charge in [-0.1, -0.05) is 43.7 Å². The van der Waals surface area contributed by atoms with Crippen LogP contribution in [0, 0.1) is 0 Å². The minimum atomic E-state index is -0.887. The van der Waals surface area contributed by atoms with Gasteiger partial charge in [0.2, 0.25) is 0 Å². The average Bonchev–Trinajstić information content (AvgIpc) is 2.39. The van der Waals surface area contributed by atoms with Gasteiger partial charge in [-0.2, -0.15) is 11.8 Å². The van der Waals surface area contributed by atoms with Gasteiger partial charge in [-0.05, 0) is 17.7 Å². The molecule has 0 bridgehead atoms. The van der Waals surface area contributed by atoms with E-state index < -0.39 is 10.8 Å². The van der Waals surface area contributed by atoms with E-state index in [2.05, 4.69) is 6.92 Å². The molecule has 2 nitrogen and oxygen atoms in total. The quantitative estimate of drug-likeness (QED) is 0.709. The molecule has 0 fully saturated rings. The maximum atomic E-state index is 12.0. The van der Waals surface area contributed by atoms with Crippen LogP contribution in [0.2, 0.25) is 0 Å². The van der Waals surface area contributed by atoms with Crippen molar-refractivity contribution in [3.8, 4) is 0 Å². The summed E-state index contributed by atoms with van der Waals surface area (Å²) in [5.74, 6) is 2.22. The smallest absolute Gasteiger partial charge is 0.0558 e. The van der Waals surface area contributed by atoms with E-state index in [4.69, 9.17) is 0 Å². The van der Waals surface area contributed by atoms with Crippen molar-refractivity contribution in [1.29, 1.82) is 0 Å². The summed E-state index contributed by atoms with van der Waals surface area (Å²) in [5.41, 5.74) is 1.10. The molecule has 1 rings (SSSR count). The molecule has 2 atom stereocenters. The Morgan fingerprint density at radius 3 is 2.67 bits per heavy atom. The van der Waals surface area contributed by atoms with Gasteiger partial charge in [0.1, 0.15) is 0 Å². The van der Waals surface area contributed by atoms with Crippen LogP contribution in [0.3, 0.4) is 0 Å². The van der Waals surface area contributed by atoms with Gasteiger partial charge in [0, 0.05) is 27.6 Å². The minimum absolute atomic E-state index is 0.112. The molecule has 0 amide bonds. The summed E-state index contributed by atoms with van der Waals surface area (Å²) < 4.78 is 12.0. The highest BCUT2D eigenvalue weighted by molar-refractivity contribution is 8.00. The first-order valence-corrected chi connectivity index (χ1v) is 8.91. The van der Waals surface area contributed by atoms with Gasteiger partial charge in [0.15, 0.2) is 0 Å². The number of hydrogen-bond acceptors (Lipinski definition) is 3. The Balaban J connectivity index is 2.33. The van der Waals surface area contributed by atoms with E-state index >= 15 is 0 Å². The fourth-order valence-electron chi connectivity index (χ4n) is 1.57. The molecule has 0 aliphatic rings. The number of aliphatic hydroxyl groups is 1. The van der Waals surface area contributed by atoms with Crippen LogP contribution in [-0.2, 0) is 16.6 Å². The number of rotatable bonds is 9. The number of hydrogen-bond donors (Lipinski definition) is 1. The molecule has 4 heteroatoms. The molecular formula is C14H22O2S2. The van der Waals surface area contributed by atoms with Gasteiger partial charge < -0.3 is 5.11 Å². The largest absolute Gasteiger partial charge is 0.395 e. The lowest BCUT2D eigenvalue weighted by Crippen LogP contribution is -2.19. The first-order valence-electron chi connectivity index (χ1n) is 6.37. The molecule has 18 heavy (non-hydrogen) atoms. The van der Waals surface area contributed by atoms with Crippen molar-refractivity contribution >= 4 is 22.6 Å². The Morgan fingerprint density at radius 1 is 1.33 bits per heavy atom. The molecule has 0 aromatic heterocycles. The van der Waals surface area contributed by atoms with Crippen LogP contribution in [0.5, 0.6) is 0 Å². The van der Waals surface area contributed by atoms with E-state index in [0.717, 1.165) is 24.2 Å². The van der Waals surface area contributed by atoms with Crippen LogP contribution < -0.4 is 0 Å². The van der Waals surface area contributed by atoms with Crippen molar-refractivity contribution in [3.63, 3.8) is 0 Å². The van der Waals surface area contributed by atoms with E-state index in [-0.39, 0.29) is 11.9 Å². The second-order valence-electron chi connectivity index (χ2n) is 4.27. The summed E-state index contributed by atoms with van der Waals surface area (Å²) in [6.07, 6.45) is 2.32. The van der Waals surface area contributed by atoms with Gasteiger partial charge in [-0.25, -0.2) is 0 Å². The third-order valence-corrected chi connectivity index (χ3v) is 5.55. The molecule has 0 heterocycles. The van der Waals surface area contributed by atoms with Crippen molar-refractivity contribution in [2.24, 2.45) is 0 Å². The topological polar surface area (TPSA) is 37.3 Å². The van der Waals surface area contributed by atoms with Crippen molar-refractivity contribution < 1.29 is 9.32 Å². The lowest BCUT2D eigenvalue weighted by atomic mass is 10.2. The zero-order valence-corrected chi connectivity index (χ0v) is 12.5. The second kappa shape index (κ2) is 9.59. The number of thioether (sulfide) groups is 1. The van der Waals surface area contributed by atoms with Crippen LogP contribution in [0.25, 0.3) is 0 Å². The maximum Gasteiger partial charge on any atom is 0.0558 e. The van der Waals surface area contributed by atoms with E-state index in [9.17, 15) is 9.32 Å². The summed E-state index contributed by atoms with van der Waals surface area (Å²) in [6.45, 7) is 2.27. The molecule has 0 saturated carbocycles. The standard InChI is InChI=1S/C14H22O2S2/c1-2-3-9-17-14(10-15)12-18(16)11-13-7-5-4-6-8-13/h4-8,14-15H,2-3,9-12H2,1H3/t14-,18+/m1/s1. The minimum Gasteiger partial charge on any atom is -0.395 e. The molecule has 0 radical (unpaired) electrons. The lowest BCUT2D eigenvalue weighted by molar-refractivity contribution is 0.301. The fraction of sp³-hybridized carbons (Fsp3) is 0.571. The Kier molecular flexibility index (Phi) is 8.38. The van der Waals surface area contributed by atoms with Crippen molar-refractivity contribution in [2.45, 2.75) is 30.8 Å². The zero-order valence-electron chi connectivity index (χ0n) is 10.9. The van der Waals surface area contributed by atoms with E-state index in [1.54, 1.807) is 11.8 Å². The number of aliphatic hydroxyl groups excluding tert-OH is 1. The van der Waals surface area contributed by atoms with E-state index in [1.807, 2.05) is 30.3 Å². The van der Waals surface area contributed by atoms with Crippen molar-refractivity contribution in [1.82, 2.24) is 0 Å². The van der Waals surface area contributed by atoms with Gasteiger partial charge in [0.25, 0.3) is 0 Å². The molecule has 0 aliphatic carbocycles. The molecule has 1 N–H and O–H groups in total. The Bertz CT molecular complexity index is 341. The van der Waals surface area contributed by atoms with Gasteiger partial charge >= 0.3 is 0 Å². The van der Waals surface area contributed by atoms with Crippen LogP contribution in [-0.4, -0.2) is 32.7 Å². The highest BCUT2D eigenvalue weighted by Gasteiger charge is 2.12. The first kappa shape index (κ1) is 15.7. The average molecular weight is 286 g/mol. The summed E-state index contributed by atoms with van der Waals surface area (Å²) in [7, 11) is -0.887. The maximum absolute atomic E-state index is 12.0. The Morgan fingerprint density at radius 2 is 2.06 bits per heavy atom. The molecular weight excluding hydrogens is 264 g/mol. The third kappa shape index (κ3) is 6.57. The second-order valence-corrected chi connectivity index (χ2v) is 7.18. The Labute approximate surface area is 117 Å². The van der Waals surface area contributed by atoms with Gasteiger partial charge in [-0.15, -0.1) is 0 Å². The predicted molar refractivity (Wildman–Crippen MR) is 81.4 cm³/mol. The van der Waals surface area contributed by atoms with Crippen molar-refractivity contribution in [2.75, 3.05) is 18.1 Å². The summed E-state index contributed by atoms with van der Waals surface area (Å²) in [4.78, 5) is 0. The first-order chi connectivity index (χ1) is 8.76. The molecule has 0 aliphatic heterocycles. The normalized spacial score (nSPS) is 14.3. The molecule has 102 valence electrons. The molecule has 0 spiro atoms. The van der Waals surface area contributed by atoms with Gasteiger partial charge in [0.05, 0.1) is 6.61 Å².